The molecule has 1 aromatic heterocycles. The fourth-order valence-corrected chi connectivity index (χ4v) is 6.83. The lowest BCUT2D eigenvalue weighted by atomic mass is 9.74. The Hall–Kier alpha value is -2.72. The minimum Gasteiger partial charge on any atom is -0.395 e. The molecule has 3 aromatic rings. The molecule has 2 saturated heterocycles. The van der Waals surface area contributed by atoms with E-state index in [4.69, 9.17) is 0 Å². The highest BCUT2D eigenvalue weighted by molar-refractivity contribution is 7.89. The van der Waals surface area contributed by atoms with Gasteiger partial charge in [-0.3, -0.25) is 4.90 Å². The van der Waals surface area contributed by atoms with Crippen molar-refractivity contribution in [2.24, 2.45) is 0 Å². The first-order chi connectivity index (χ1) is 16.5. The Morgan fingerprint density at radius 1 is 0.971 bits per heavy atom. The number of aliphatic hydroxyl groups excluding tert-OH is 1. The van der Waals surface area contributed by atoms with Gasteiger partial charge < -0.3 is 5.11 Å². The molecule has 2 fully saturated rings. The van der Waals surface area contributed by atoms with E-state index in [-0.39, 0.29) is 36.0 Å². The van der Waals surface area contributed by atoms with Gasteiger partial charge in [0.05, 0.1) is 6.61 Å². The van der Waals surface area contributed by atoms with E-state index < -0.39 is 15.8 Å². The van der Waals surface area contributed by atoms with Crippen LogP contribution >= 0.6 is 0 Å². The molecule has 2 aliphatic heterocycles. The molecule has 178 valence electrons. The van der Waals surface area contributed by atoms with Gasteiger partial charge in [0.25, 0.3) is 0 Å². The number of hydrogen-bond acceptors (Lipinski definition) is 6. The van der Waals surface area contributed by atoms with Gasteiger partial charge in [-0.1, -0.05) is 36.4 Å². The molecule has 1 N–H and O–H groups in total. The highest BCUT2D eigenvalue weighted by Crippen LogP contribution is 2.43. The summed E-state index contributed by atoms with van der Waals surface area (Å²) in [6, 6.07) is 13.4. The molecule has 0 spiro atoms. The van der Waals surface area contributed by atoms with E-state index in [1.54, 1.807) is 18.5 Å². The van der Waals surface area contributed by atoms with Gasteiger partial charge in [-0.2, -0.15) is 4.31 Å². The number of nitrogens with zero attached hydrogens (tertiary/aromatic N) is 4. The Morgan fingerprint density at radius 3 is 2.38 bits per heavy atom. The molecular weight excluding hydrogens is 455 g/mol. The molecular formula is C25H27FN4O3S. The number of rotatable bonds is 5. The Morgan fingerprint density at radius 2 is 1.68 bits per heavy atom. The monoisotopic (exact) mass is 482 g/mol. The Labute approximate surface area is 198 Å². The van der Waals surface area contributed by atoms with Crippen molar-refractivity contribution in [2.75, 3.05) is 26.2 Å². The molecule has 0 aliphatic carbocycles. The summed E-state index contributed by atoms with van der Waals surface area (Å²) >= 11 is 0. The maximum Gasteiger partial charge on any atom is 0.246 e. The number of aromatic nitrogens is 2. The average Bonchev–Trinajstić information content (AvgIpc) is 2.84. The Bertz CT molecular complexity index is 1240. The van der Waals surface area contributed by atoms with Crippen molar-refractivity contribution in [2.45, 2.75) is 35.7 Å². The number of fused-ring (bicyclic) bond motifs is 1. The maximum absolute atomic E-state index is 14.4. The molecule has 0 amide bonds. The zero-order chi connectivity index (χ0) is 23.7. The molecule has 0 radical (unpaired) electrons. The largest absolute Gasteiger partial charge is 0.395 e. The van der Waals surface area contributed by atoms with Crippen LogP contribution in [0.2, 0.25) is 0 Å². The third-order valence-corrected chi connectivity index (χ3v) is 8.87. The second-order valence-corrected chi connectivity index (χ2v) is 10.7. The van der Waals surface area contributed by atoms with Crippen molar-refractivity contribution >= 4 is 10.0 Å². The van der Waals surface area contributed by atoms with Crippen LogP contribution in [0, 0.1) is 5.82 Å². The third kappa shape index (κ3) is 4.13. The number of hydrogen-bond donors (Lipinski definition) is 1. The molecule has 3 atom stereocenters. The van der Waals surface area contributed by atoms with Crippen LogP contribution in [0.5, 0.6) is 0 Å². The van der Waals surface area contributed by atoms with E-state index in [0.29, 0.717) is 13.0 Å². The molecule has 0 saturated carbocycles. The van der Waals surface area contributed by atoms with Gasteiger partial charge in [-0.15, -0.1) is 0 Å². The predicted molar refractivity (Wildman–Crippen MR) is 126 cm³/mol. The summed E-state index contributed by atoms with van der Waals surface area (Å²) in [6.45, 7) is 1.41. The second-order valence-electron chi connectivity index (χ2n) is 8.83. The van der Waals surface area contributed by atoms with Crippen LogP contribution in [0.1, 0.15) is 24.3 Å². The molecule has 9 heteroatoms. The summed E-state index contributed by atoms with van der Waals surface area (Å²) in [7, 11) is -3.97. The standard InChI is InChI=1S/C25H27FN4O3S/c26-21-5-1-2-6-24(21)34(32,33)29-11-3-4-12-30-22(15-29)25(23(30)16-31)19-9-7-18(8-10-19)20-13-27-17-28-14-20/h1-2,5-10,13-14,17,22-23,25,31H,3-4,11-12,15-16H2/t22-,23+,25+/m1/s1. The Balaban J connectivity index is 1.44. The highest BCUT2D eigenvalue weighted by atomic mass is 32.2. The first-order valence-electron chi connectivity index (χ1n) is 11.5. The van der Waals surface area contributed by atoms with Gasteiger partial charge in [0.15, 0.2) is 0 Å². The highest BCUT2D eigenvalue weighted by Gasteiger charge is 2.50. The molecule has 34 heavy (non-hydrogen) atoms. The van der Waals surface area contributed by atoms with E-state index in [1.165, 1.54) is 28.8 Å². The van der Waals surface area contributed by atoms with Crippen LogP contribution in [-0.4, -0.2) is 71.0 Å². The van der Waals surface area contributed by atoms with Gasteiger partial charge in [-0.25, -0.2) is 22.8 Å². The molecule has 0 unspecified atom stereocenters. The lowest BCUT2D eigenvalue weighted by molar-refractivity contribution is -0.0554. The first kappa shape index (κ1) is 23.0. The molecule has 7 nitrogen and oxygen atoms in total. The lowest BCUT2D eigenvalue weighted by Crippen LogP contribution is -2.67. The molecule has 0 bridgehead atoms. The number of benzene rings is 2. The summed E-state index contributed by atoms with van der Waals surface area (Å²) in [6.07, 6.45) is 6.50. The normalized spacial score (nSPS) is 24.0. The van der Waals surface area contributed by atoms with Crippen molar-refractivity contribution in [1.29, 1.82) is 0 Å². The zero-order valence-corrected chi connectivity index (χ0v) is 19.5. The van der Waals surface area contributed by atoms with Crippen LogP contribution in [0.4, 0.5) is 4.39 Å². The molecule has 2 aliphatic rings. The summed E-state index contributed by atoms with van der Waals surface area (Å²) in [5, 5.41) is 10.2. The van der Waals surface area contributed by atoms with Gasteiger partial charge in [0.1, 0.15) is 17.0 Å². The SMILES string of the molecule is O=S(=O)(c1ccccc1F)N1CCCCN2[C@H](C1)[C@H](c1ccc(-c3cncnc3)cc1)[C@@H]2CO. The van der Waals surface area contributed by atoms with Crippen molar-refractivity contribution in [3.8, 4) is 11.1 Å². The summed E-state index contributed by atoms with van der Waals surface area (Å²) in [5.74, 6) is -0.761. The third-order valence-electron chi connectivity index (χ3n) is 6.98. The Kier molecular flexibility index (Phi) is 6.44. The van der Waals surface area contributed by atoms with E-state index in [0.717, 1.165) is 29.7 Å². The van der Waals surface area contributed by atoms with Gasteiger partial charge in [-0.05, 0) is 42.6 Å². The van der Waals surface area contributed by atoms with Crippen molar-refractivity contribution in [3.63, 3.8) is 0 Å². The number of halogens is 1. The minimum atomic E-state index is -3.97. The van der Waals surface area contributed by atoms with Gasteiger partial charge in [0.2, 0.25) is 10.0 Å². The van der Waals surface area contributed by atoms with Crippen molar-refractivity contribution in [3.05, 3.63) is 78.6 Å². The van der Waals surface area contributed by atoms with E-state index in [2.05, 4.69) is 14.9 Å². The van der Waals surface area contributed by atoms with E-state index in [9.17, 15) is 17.9 Å². The summed E-state index contributed by atoms with van der Waals surface area (Å²) in [4.78, 5) is 10.0. The zero-order valence-electron chi connectivity index (χ0n) is 18.7. The topological polar surface area (TPSA) is 86.6 Å². The van der Waals surface area contributed by atoms with E-state index >= 15 is 0 Å². The van der Waals surface area contributed by atoms with Gasteiger partial charge in [0, 0.05) is 49.0 Å². The van der Waals surface area contributed by atoms with Gasteiger partial charge >= 0.3 is 0 Å². The lowest BCUT2D eigenvalue weighted by Gasteiger charge is -2.57. The van der Waals surface area contributed by atoms with Crippen LogP contribution in [0.3, 0.4) is 0 Å². The van der Waals surface area contributed by atoms with Crippen LogP contribution in [0.15, 0.2) is 72.1 Å². The quantitative estimate of drug-likeness (QED) is 0.602. The number of sulfonamides is 1. The molecule has 3 heterocycles. The van der Waals surface area contributed by atoms with Crippen LogP contribution in [-0.2, 0) is 10.0 Å². The fraction of sp³-hybridized carbons (Fsp3) is 0.360. The predicted octanol–water partition coefficient (Wildman–Crippen LogP) is 2.90. The van der Waals surface area contributed by atoms with E-state index in [1.807, 2.05) is 24.3 Å². The maximum atomic E-state index is 14.4. The summed E-state index contributed by atoms with van der Waals surface area (Å²) < 4.78 is 42.5. The summed E-state index contributed by atoms with van der Waals surface area (Å²) in [5.41, 5.74) is 2.95. The molecule has 2 aromatic carbocycles. The molecule has 5 rings (SSSR count). The van der Waals surface area contributed by atoms with Crippen LogP contribution in [0.25, 0.3) is 11.1 Å². The second kappa shape index (κ2) is 9.50. The fourth-order valence-electron chi connectivity index (χ4n) is 5.27. The smallest absolute Gasteiger partial charge is 0.246 e. The number of aliphatic hydroxyl groups is 1. The van der Waals surface area contributed by atoms with Crippen LogP contribution < -0.4 is 0 Å². The van der Waals surface area contributed by atoms with Crippen molar-refractivity contribution < 1.29 is 17.9 Å². The average molecular weight is 483 g/mol. The first-order valence-corrected chi connectivity index (χ1v) is 12.9. The minimum absolute atomic E-state index is 0.00446. The van der Waals surface area contributed by atoms with Crippen molar-refractivity contribution in [1.82, 2.24) is 19.2 Å².